The van der Waals surface area contributed by atoms with Crippen LogP contribution in [-0.4, -0.2) is 209 Å². The second-order valence-corrected chi connectivity index (χ2v) is 11.1. The molecule has 4 fully saturated rings. The van der Waals surface area contributed by atoms with E-state index in [1.807, 2.05) is 0 Å². The van der Waals surface area contributed by atoms with Crippen LogP contribution in [0.1, 0.15) is 6.92 Å². The number of aliphatic hydroxyl groups is 13. The van der Waals surface area contributed by atoms with Crippen molar-refractivity contribution in [3.05, 3.63) is 0 Å². The van der Waals surface area contributed by atoms with Gasteiger partial charge in [0.25, 0.3) is 0 Å². The van der Waals surface area contributed by atoms with Gasteiger partial charge >= 0.3 is 0 Å². The summed E-state index contributed by atoms with van der Waals surface area (Å²) in [5.74, 6) is 0. The van der Waals surface area contributed by atoms with Crippen molar-refractivity contribution in [1.29, 1.82) is 0 Å². The quantitative estimate of drug-likeness (QED) is 0.110. The Bertz CT molecular complexity index is 898. The lowest BCUT2D eigenvalue weighted by atomic mass is 9.96. The molecule has 4 aliphatic rings. The summed E-state index contributed by atoms with van der Waals surface area (Å²) in [7, 11) is 0. The molecule has 4 rings (SSSR count). The summed E-state index contributed by atoms with van der Waals surface area (Å²) >= 11 is 0. The highest BCUT2D eigenvalue weighted by Gasteiger charge is 2.55. The molecule has 4 heterocycles. The molecule has 0 aromatic rings. The Hall–Kier alpha value is -0.800. The summed E-state index contributed by atoms with van der Waals surface area (Å²) in [4.78, 5) is 0. The molecule has 13 N–H and O–H groups in total. The minimum Gasteiger partial charge on any atom is -0.394 e. The molecule has 1 unspecified atom stereocenters. The Balaban J connectivity index is 1.51. The molecule has 20 heteroatoms. The van der Waals surface area contributed by atoms with Gasteiger partial charge in [-0.25, -0.2) is 0 Å². The first-order valence-electron chi connectivity index (χ1n) is 14.0. The van der Waals surface area contributed by atoms with Gasteiger partial charge in [0.05, 0.1) is 25.9 Å². The lowest BCUT2D eigenvalue weighted by Gasteiger charge is -2.49. The van der Waals surface area contributed by atoms with E-state index in [-0.39, 0.29) is 0 Å². The lowest BCUT2D eigenvalue weighted by molar-refractivity contribution is -0.395. The molecule has 0 bridgehead atoms. The smallest absolute Gasteiger partial charge is 0.187 e. The zero-order chi connectivity index (χ0) is 32.6. The van der Waals surface area contributed by atoms with Gasteiger partial charge in [0.1, 0.15) is 91.6 Å². The van der Waals surface area contributed by atoms with Crippen molar-refractivity contribution in [2.75, 3.05) is 19.8 Å². The average molecular weight is 651 g/mol. The van der Waals surface area contributed by atoms with Crippen LogP contribution in [0.4, 0.5) is 0 Å². The van der Waals surface area contributed by atoms with E-state index in [1.165, 1.54) is 6.92 Å². The third-order valence-electron chi connectivity index (χ3n) is 8.17. The molecule has 20 atom stereocenters. The minimum absolute atomic E-state index is 0.782. The SMILES string of the molecule is C[C@@H]1O[C@@H](O[C@H]2[C@H](O)[C@@H](CO)OC(O)[C@@H]2O[C@@H]2O[C@H](CO)[C@@H](O[C@@H]3O[C@H](CO)[C@H](O)[C@H](O)[C@H]3O)[C@H](O)[C@H]2O)[C@H](O)[C@H](O)[C@H]1O. The highest BCUT2D eigenvalue weighted by molar-refractivity contribution is 4.97. The lowest BCUT2D eigenvalue weighted by Crippen LogP contribution is -2.67. The van der Waals surface area contributed by atoms with E-state index < -0.39 is 143 Å². The van der Waals surface area contributed by atoms with Crippen LogP contribution in [0.3, 0.4) is 0 Å². The van der Waals surface area contributed by atoms with Gasteiger partial charge in [-0.1, -0.05) is 0 Å². The van der Waals surface area contributed by atoms with Crippen LogP contribution in [0.5, 0.6) is 0 Å². The molecule has 20 nitrogen and oxygen atoms in total. The third-order valence-corrected chi connectivity index (χ3v) is 8.17. The summed E-state index contributed by atoms with van der Waals surface area (Å²) in [6, 6.07) is 0. The molecule has 0 saturated carbocycles. The Morgan fingerprint density at radius 2 is 0.841 bits per heavy atom. The first-order chi connectivity index (χ1) is 20.7. The Kier molecular flexibility index (Phi) is 12.3. The molecule has 0 aromatic heterocycles. The number of rotatable bonds is 9. The summed E-state index contributed by atoms with van der Waals surface area (Å²) < 4.78 is 38.1. The van der Waals surface area contributed by atoms with E-state index in [0.29, 0.717) is 0 Å². The zero-order valence-electron chi connectivity index (χ0n) is 23.3. The molecule has 0 spiro atoms. The van der Waals surface area contributed by atoms with Gasteiger partial charge in [-0.3, -0.25) is 0 Å². The van der Waals surface area contributed by atoms with Crippen LogP contribution < -0.4 is 0 Å². The predicted molar refractivity (Wildman–Crippen MR) is 132 cm³/mol. The number of hydrogen-bond acceptors (Lipinski definition) is 20. The van der Waals surface area contributed by atoms with Crippen molar-refractivity contribution < 1.29 is 99.5 Å². The van der Waals surface area contributed by atoms with E-state index in [9.17, 15) is 66.4 Å². The Morgan fingerprint density at radius 1 is 0.409 bits per heavy atom. The number of aliphatic hydroxyl groups excluding tert-OH is 13. The molecule has 258 valence electrons. The largest absolute Gasteiger partial charge is 0.394 e. The van der Waals surface area contributed by atoms with E-state index in [2.05, 4.69) is 0 Å². The maximum absolute atomic E-state index is 10.9. The van der Waals surface area contributed by atoms with Gasteiger partial charge in [-0.15, -0.1) is 0 Å². The predicted octanol–water partition coefficient (Wildman–Crippen LogP) is -8.72. The number of ether oxygens (including phenoxy) is 7. The summed E-state index contributed by atoms with van der Waals surface area (Å²) in [6.07, 6.45) is -34.3. The van der Waals surface area contributed by atoms with Crippen LogP contribution in [-0.2, 0) is 33.2 Å². The summed E-state index contributed by atoms with van der Waals surface area (Å²) in [5, 5.41) is 133. The van der Waals surface area contributed by atoms with Gasteiger partial charge in [0.2, 0.25) is 0 Å². The normalized spacial score (nSPS) is 53.9. The van der Waals surface area contributed by atoms with Gasteiger partial charge in [-0.05, 0) is 6.92 Å². The van der Waals surface area contributed by atoms with Gasteiger partial charge in [0.15, 0.2) is 25.2 Å². The van der Waals surface area contributed by atoms with E-state index in [4.69, 9.17) is 33.2 Å². The van der Waals surface area contributed by atoms with Crippen molar-refractivity contribution in [3.8, 4) is 0 Å². The molecule has 0 amide bonds. The third kappa shape index (κ3) is 7.05. The average Bonchev–Trinajstić information content (AvgIpc) is 3.01. The van der Waals surface area contributed by atoms with Crippen molar-refractivity contribution in [3.63, 3.8) is 0 Å². The van der Waals surface area contributed by atoms with Crippen LogP contribution in [0.15, 0.2) is 0 Å². The topological polar surface area (TPSA) is 328 Å². The molecular weight excluding hydrogens is 608 g/mol. The Morgan fingerprint density at radius 3 is 1.41 bits per heavy atom. The maximum Gasteiger partial charge on any atom is 0.187 e. The molecule has 0 aromatic carbocycles. The highest BCUT2D eigenvalue weighted by Crippen LogP contribution is 2.34. The van der Waals surface area contributed by atoms with Crippen molar-refractivity contribution >= 4 is 0 Å². The van der Waals surface area contributed by atoms with Crippen molar-refractivity contribution in [1.82, 2.24) is 0 Å². The van der Waals surface area contributed by atoms with Crippen molar-refractivity contribution in [2.24, 2.45) is 0 Å². The highest BCUT2D eigenvalue weighted by atomic mass is 16.8. The first-order valence-corrected chi connectivity index (χ1v) is 14.0. The molecular formula is C24H42O20. The van der Waals surface area contributed by atoms with Crippen LogP contribution >= 0.6 is 0 Å². The maximum atomic E-state index is 10.9. The van der Waals surface area contributed by atoms with Crippen molar-refractivity contribution in [2.45, 2.75) is 130 Å². The van der Waals surface area contributed by atoms with Crippen LogP contribution in [0, 0.1) is 0 Å². The minimum atomic E-state index is -2.04. The second kappa shape index (κ2) is 15.0. The molecule has 4 aliphatic heterocycles. The van der Waals surface area contributed by atoms with Gasteiger partial charge in [0, 0.05) is 0 Å². The second-order valence-electron chi connectivity index (χ2n) is 11.1. The van der Waals surface area contributed by atoms with E-state index in [1.54, 1.807) is 0 Å². The molecule has 4 saturated heterocycles. The first kappa shape index (κ1) is 36.0. The van der Waals surface area contributed by atoms with Crippen LogP contribution in [0.25, 0.3) is 0 Å². The fourth-order valence-corrected chi connectivity index (χ4v) is 5.46. The van der Waals surface area contributed by atoms with Gasteiger partial charge in [-0.2, -0.15) is 0 Å². The summed E-state index contributed by atoms with van der Waals surface area (Å²) in [6.45, 7) is -1.14. The molecule has 0 radical (unpaired) electrons. The number of hydrogen-bond donors (Lipinski definition) is 13. The fourth-order valence-electron chi connectivity index (χ4n) is 5.46. The van der Waals surface area contributed by atoms with Crippen LogP contribution in [0.2, 0.25) is 0 Å². The molecule has 0 aliphatic carbocycles. The van der Waals surface area contributed by atoms with E-state index in [0.717, 1.165) is 0 Å². The standard InChI is InChI=1S/C24H42O20/c1-5-9(28)12(31)15(34)22(38-5)43-19-11(30)7(3-26)39-21(37)20(19)44-24-17(36)14(33)18(8(4-27)41-24)42-23-16(35)13(32)10(29)6(2-25)40-23/h5-37H,2-4H2,1H3/t5-,6+,7+,8+,9-,10-,11+,12+,13-,14+,15+,16+,17+,18+,19-,20+,21?,22-,23-,24-/m0/s1. The molecule has 44 heavy (non-hydrogen) atoms. The monoisotopic (exact) mass is 650 g/mol. The summed E-state index contributed by atoms with van der Waals surface area (Å²) in [5.41, 5.74) is 0. The van der Waals surface area contributed by atoms with E-state index >= 15 is 0 Å². The van der Waals surface area contributed by atoms with Gasteiger partial charge < -0.3 is 99.5 Å². The fraction of sp³-hybridized carbons (Fsp3) is 1.00. The zero-order valence-corrected chi connectivity index (χ0v) is 23.3. The Labute approximate surface area is 249 Å².